The predicted molar refractivity (Wildman–Crippen MR) is 83.4 cm³/mol. The maximum absolute atomic E-state index is 12.3. The molecule has 0 spiro atoms. The van der Waals surface area contributed by atoms with Gasteiger partial charge >= 0.3 is 0 Å². The Labute approximate surface area is 121 Å². The van der Waals surface area contributed by atoms with Crippen LogP contribution in [-0.2, 0) is 4.79 Å². The topological polar surface area (TPSA) is 55.1 Å². The lowest BCUT2D eigenvalue weighted by atomic mass is 9.80. The first-order valence-corrected chi connectivity index (χ1v) is 7.71. The summed E-state index contributed by atoms with van der Waals surface area (Å²) in [5, 5.41) is 3.12. The van der Waals surface area contributed by atoms with Gasteiger partial charge in [-0.15, -0.1) is 0 Å². The van der Waals surface area contributed by atoms with Crippen LogP contribution < -0.4 is 11.1 Å². The Hall–Kier alpha value is -1.51. The lowest BCUT2D eigenvalue weighted by Gasteiger charge is -2.29. The molecule has 0 aliphatic heterocycles. The van der Waals surface area contributed by atoms with Crippen LogP contribution in [0.25, 0.3) is 0 Å². The quantitative estimate of drug-likeness (QED) is 0.828. The number of carbonyl (C=O) groups excluding carboxylic acids is 1. The van der Waals surface area contributed by atoms with Gasteiger partial charge in [0.15, 0.2) is 0 Å². The van der Waals surface area contributed by atoms with Crippen LogP contribution in [-0.4, -0.2) is 12.5 Å². The van der Waals surface area contributed by atoms with Gasteiger partial charge in [-0.1, -0.05) is 38.3 Å². The summed E-state index contributed by atoms with van der Waals surface area (Å²) < 4.78 is 0. The van der Waals surface area contributed by atoms with E-state index < -0.39 is 0 Å². The maximum Gasteiger partial charge on any atom is 0.227 e. The van der Waals surface area contributed by atoms with Crippen molar-refractivity contribution in [1.29, 1.82) is 0 Å². The molecule has 1 aromatic rings. The summed E-state index contributed by atoms with van der Waals surface area (Å²) in [5.74, 6) is 1.33. The molecular formula is C17H26N2O. The van der Waals surface area contributed by atoms with Gasteiger partial charge in [0, 0.05) is 12.2 Å². The number of benzene rings is 1. The second-order valence-electron chi connectivity index (χ2n) is 6.16. The van der Waals surface area contributed by atoms with Crippen molar-refractivity contribution >= 4 is 11.6 Å². The molecule has 0 aromatic heterocycles. The fourth-order valence-electron chi connectivity index (χ4n) is 3.06. The Balaban J connectivity index is 1.88. The first kappa shape index (κ1) is 14.9. The molecule has 3 heteroatoms. The molecule has 0 saturated heterocycles. The van der Waals surface area contributed by atoms with Crippen molar-refractivity contribution in [3.63, 3.8) is 0 Å². The highest BCUT2D eigenvalue weighted by Gasteiger charge is 2.23. The summed E-state index contributed by atoms with van der Waals surface area (Å²) in [6.07, 6.45) is 5.18. The highest BCUT2D eigenvalue weighted by molar-refractivity contribution is 5.83. The predicted octanol–water partition coefficient (Wildman–Crippen LogP) is 3.31. The largest absolute Gasteiger partial charge is 0.399 e. The molecular weight excluding hydrogens is 248 g/mol. The Kier molecular flexibility index (Phi) is 5.05. The van der Waals surface area contributed by atoms with Crippen molar-refractivity contribution in [3.05, 3.63) is 29.8 Å². The average Bonchev–Trinajstić information content (AvgIpc) is 2.45. The number of nitrogens with two attached hydrogens (primary N) is 1. The zero-order chi connectivity index (χ0) is 14.5. The number of nitrogen functional groups attached to an aromatic ring is 1. The Morgan fingerprint density at radius 2 is 2.15 bits per heavy atom. The van der Waals surface area contributed by atoms with Crippen LogP contribution in [0.1, 0.15) is 51.0 Å². The summed E-state index contributed by atoms with van der Waals surface area (Å²) in [6.45, 7) is 5.05. The number of carbonyl (C=O) groups is 1. The maximum atomic E-state index is 12.3. The molecule has 1 saturated carbocycles. The average molecular weight is 274 g/mol. The van der Waals surface area contributed by atoms with Crippen molar-refractivity contribution in [2.45, 2.75) is 45.4 Å². The van der Waals surface area contributed by atoms with Gasteiger partial charge in [-0.2, -0.15) is 0 Å². The zero-order valence-corrected chi connectivity index (χ0v) is 12.6. The second kappa shape index (κ2) is 6.78. The molecule has 1 amide bonds. The Bertz CT molecular complexity index is 458. The van der Waals surface area contributed by atoms with E-state index in [0.29, 0.717) is 11.6 Å². The molecule has 1 fully saturated rings. The monoisotopic (exact) mass is 274 g/mol. The summed E-state index contributed by atoms with van der Waals surface area (Å²) in [6, 6.07) is 7.59. The summed E-state index contributed by atoms with van der Waals surface area (Å²) in [7, 11) is 0. The lowest BCUT2D eigenvalue weighted by molar-refractivity contribution is -0.122. The van der Waals surface area contributed by atoms with Crippen molar-refractivity contribution in [2.75, 3.05) is 12.3 Å². The minimum Gasteiger partial charge on any atom is -0.399 e. The Morgan fingerprint density at radius 3 is 2.85 bits per heavy atom. The normalized spacial score (nSPS) is 24.1. The van der Waals surface area contributed by atoms with Crippen LogP contribution >= 0.6 is 0 Å². The molecule has 1 aliphatic carbocycles. The molecule has 0 radical (unpaired) electrons. The zero-order valence-electron chi connectivity index (χ0n) is 12.6. The van der Waals surface area contributed by atoms with Crippen LogP contribution in [0, 0.1) is 11.8 Å². The van der Waals surface area contributed by atoms with E-state index in [1.165, 1.54) is 25.7 Å². The number of hydrogen-bond donors (Lipinski definition) is 2. The van der Waals surface area contributed by atoms with Crippen LogP contribution in [0.3, 0.4) is 0 Å². The highest BCUT2D eigenvalue weighted by atomic mass is 16.1. The molecule has 0 bridgehead atoms. The number of amides is 1. The van der Waals surface area contributed by atoms with E-state index in [9.17, 15) is 4.79 Å². The summed E-state index contributed by atoms with van der Waals surface area (Å²) >= 11 is 0. The minimum atomic E-state index is -0.141. The molecule has 0 heterocycles. The van der Waals surface area contributed by atoms with Crippen LogP contribution in [0.5, 0.6) is 0 Å². The second-order valence-corrected chi connectivity index (χ2v) is 6.16. The molecule has 3 unspecified atom stereocenters. The molecule has 1 aromatic carbocycles. The molecule has 3 nitrogen and oxygen atoms in total. The number of anilines is 1. The summed E-state index contributed by atoms with van der Waals surface area (Å²) in [4.78, 5) is 12.3. The number of rotatable bonds is 4. The van der Waals surface area contributed by atoms with E-state index in [4.69, 9.17) is 5.73 Å². The van der Waals surface area contributed by atoms with Crippen molar-refractivity contribution < 1.29 is 4.79 Å². The van der Waals surface area contributed by atoms with E-state index in [0.717, 1.165) is 18.0 Å². The van der Waals surface area contributed by atoms with Crippen LogP contribution in [0.4, 0.5) is 5.69 Å². The first-order chi connectivity index (χ1) is 9.58. The van der Waals surface area contributed by atoms with Crippen LogP contribution in [0.15, 0.2) is 24.3 Å². The van der Waals surface area contributed by atoms with Crippen molar-refractivity contribution in [2.24, 2.45) is 11.8 Å². The lowest BCUT2D eigenvalue weighted by Crippen LogP contribution is -2.35. The molecule has 1 aliphatic rings. The van der Waals surface area contributed by atoms with E-state index in [1.807, 2.05) is 31.2 Å². The third kappa shape index (κ3) is 3.75. The van der Waals surface area contributed by atoms with Gasteiger partial charge in [-0.3, -0.25) is 4.79 Å². The Morgan fingerprint density at radius 1 is 1.40 bits per heavy atom. The highest BCUT2D eigenvalue weighted by Crippen LogP contribution is 2.29. The SMILES string of the molecule is CC(C(=O)NCC1CCCCC1C)c1cccc(N)c1. The number of hydrogen-bond acceptors (Lipinski definition) is 2. The fourth-order valence-corrected chi connectivity index (χ4v) is 3.06. The third-order valence-electron chi connectivity index (χ3n) is 4.63. The van der Waals surface area contributed by atoms with Gasteiger partial charge in [0.1, 0.15) is 0 Å². The minimum absolute atomic E-state index is 0.105. The van der Waals surface area contributed by atoms with Gasteiger partial charge in [-0.25, -0.2) is 0 Å². The van der Waals surface area contributed by atoms with Crippen molar-refractivity contribution in [3.8, 4) is 0 Å². The van der Waals surface area contributed by atoms with Gasteiger partial charge in [0.05, 0.1) is 5.92 Å². The van der Waals surface area contributed by atoms with E-state index in [2.05, 4.69) is 12.2 Å². The first-order valence-electron chi connectivity index (χ1n) is 7.71. The smallest absolute Gasteiger partial charge is 0.227 e. The van der Waals surface area contributed by atoms with E-state index in [-0.39, 0.29) is 11.8 Å². The van der Waals surface area contributed by atoms with Gasteiger partial charge in [-0.05, 0) is 42.9 Å². The standard InChI is InChI=1S/C17H26N2O/c1-12-6-3-4-7-15(12)11-19-17(20)13(2)14-8-5-9-16(18)10-14/h5,8-10,12-13,15H,3-4,6-7,11,18H2,1-2H3,(H,19,20). The molecule has 110 valence electrons. The number of nitrogens with one attached hydrogen (secondary N) is 1. The third-order valence-corrected chi connectivity index (χ3v) is 4.63. The summed E-state index contributed by atoms with van der Waals surface area (Å²) in [5.41, 5.74) is 7.47. The van der Waals surface area contributed by atoms with Gasteiger partial charge < -0.3 is 11.1 Å². The van der Waals surface area contributed by atoms with Crippen LogP contribution in [0.2, 0.25) is 0 Å². The van der Waals surface area contributed by atoms with E-state index >= 15 is 0 Å². The van der Waals surface area contributed by atoms with Gasteiger partial charge in [0.2, 0.25) is 5.91 Å². The fraction of sp³-hybridized carbons (Fsp3) is 0.588. The van der Waals surface area contributed by atoms with E-state index in [1.54, 1.807) is 0 Å². The molecule has 20 heavy (non-hydrogen) atoms. The molecule has 2 rings (SSSR count). The van der Waals surface area contributed by atoms with Crippen molar-refractivity contribution in [1.82, 2.24) is 5.32 Å². The van der Waals surface area contributed by atoms with Gasteiger partial charge in [0.25, 0.3) is 0 Å². The molecule has 3 atom stereocenters. The molecule has 3 N–H and O–H groups in total.